The Labute approximate surface area is 139 Å². The van der Waals surface area contributed by atoms with Gasteiger partial charge in [0.2, 0.25) is 5.95 Å². The number of ether oxygens (including phenoxy) is 1. The molecule has 0 unspecified atom stereocenters. The molecule has 0 aromatic rings. The van der Waals surface area contributed by atoms with E-state index in [-0.39, 0.29) is 6.92 Å². The molecule has 0 rings (SSSR count). The van der Waals surface area contributed by atoms with Gasteiger partial charge in [0.15, 0.2) is 0 Å². The number of hydrogen-bond donors (Lipinski definition) is 0. The monoisotopic (exact) mass is 415 g/mol. The molecule has 0 aromatic carbocycles. The summed E-state index contributed by atoms with van der Waals surface area (Å²) in [5.41, 5.74) is 0. The molecule has 0 spiro atoms. The zero-order chi connectivity index (χ0) is 21.4. The highest BCUT2D eigenvalue weighted by atomic mass is 19.3. The summed E-state index contributed by atoms with van der Waals surface area (Å²) in [5.74, 6) is -19.1. The lowest BCUT2D eigenvalue weighted by Crippen LogP contribution is -2.64. The minimum atomic E-state index is -6.53. The van der Waals surface area contributed by atoms with E-state index in [9.17, 15) is 52.7 Å². The molecule has 0 aliphatic carbocycles. The van der Waals surface area contributed by atoms with Crippen LogP contribution in [0.4, 0.5) is 52.7 Å². The van der Waals surface area contributed by atoms with Crippen molar-refractivity contribution in [2.24, 2.45) is 0 Å². The standard InChI is InChI=1S/C12H13F12NO/c1-4-9(17,18)12(23,24)25(11(21,22)8(3,15)16)7(14)6(13)10(19,20)26-5-2/h4-5H2,1-3H3/b7-6+. The van der Waals surface area contributed by atoms with E-state index in [0.29, 0.717) is 0 Å². The highest BCUT2D eigenvalue weighted by molar-refractivity contribution is 5.11. The molecule has 0 radical (unpaired) electrons. The van der Waals surface area contributed by atoms with Crippen molar-refractivity contribution in [1.29, 1.82) is 0 Å². The zero-order valence-corrected chi connectivity index (χ0v) is 13.3. The van der Waals surface area contributed by atoms with Gasteiger partial charge >= 0.3 is 30.0 Å². The molecule has 156 valence electrons. The maximum Gasteiger partial charge on any atom is 0.413 e. The zero-order valence-electron chi connectivity index (χ0n) is 13.3. The Kier molecular flexibility index (Phi) is 6.97. The Morgan fingerprint density at radius 2 is 1.23 bits per heavy atom. The van der Waals surface area contributed by atoms with Gasteiger partial charge in [0.05, 0.1) is 6.61 Å². The maximum absolute atomic E-state index is 13.7. The Bertz CT molecular complexity index is 525. The van der Waals surface area contributed by atoms with Gasteiger partial charge in [-0.1, -0.05) is 6.92 Å². The van der Waals surface area contributed by atoms with Crippen molar-refractivity contribution in [3.8, 4) is 0 Å². The molecule has 0 saturated carbocycles. The fourth-order valence-corrected chi connectivity index (χ4v) is 1.46. The smallest absolute Gasteiger partial charge is 0.315 e. The maximum atomic E-state index is 13.7. The summed E-state index contributed by atoms with van der Waals surface area (Å²) >= 11 is 0. The van der Waals surface area contributed by atoms with Gasteiger partial charge in [-0.05, 0) is 6.92 Å². The van der Waals surface area contributed by atoms with Crippen LogP contribution in [-0.4, -0.2) is 41.6 Å². The van der Waals surface area contributed by atoms with Crippen molar-refractivity contribution in [3.63, 3.8) is 0 Å². The molecule has 0 bridgehead atoms. The number of hydrogen-bond acceptors (Lipinski definition) is 2. The molecule has 0 aliphatic rings. The van der Waals surface area contributed by atoms with Crippen molar-refractivity contribution >= 4 is 0 Å². The molecule has 0 amide bonds. The van der Waals surface area contributed by atoms with Gasteiger partial charge in [-0.3, -0.25) is 0 Å². The summed E-state index contributed by atoms with van der Waals surface area (Å²) < 4.78 is 164. The normalized spacial score (nSPS) is 15.8. The van der Waals surface area contributed by atoms with Crippen LogP contribution in [0.15, 0.2) is 11.8 Å². The van der Waals surface area contributed by atoms with Crippen LogP contribution in [0.3, 0.4) is 0 Å². The largest absolute Gasteiger partial charge is 0.413 e. The van der Waals surface area contributed by atoms with E-state index >= 15 is 0 Å². The van der Waals surface area contributed by atoms with Gasteiger partial charge in [0.1, 0.15) is 0 Å². The first-order valence-electron chi connectivity index (χ1n) is 6.70. The lowest BCUT2D eigenvalue weighted by Gasteiger charge is -2.42. The quantitative estimate of drug-likeness (QED) is 0.343. The van der Waals surface area contributed by atoms with Crippen LogP contribution in [0.1, 0.15) is 27.2 Å². The van der Waals surface area contributed by atoms with E-state index in [1.807, 2.05) is 0 Å². The molecular formula is C12H13F12NO. The molecule has 26 heavy (non-hydrogen) atoms. The first kappa shape index (κ1) is 24.7. The van der Waals surface area contributed by atoms with E-state index in [4.69, 9.17) is 0 Å². The lowest BCUT2D eigenvalue weighted by atomic mass is 10.1. The summed E-state index contributed by atoms with van der Waals surface area (Å²) in [6.07, 6.45) is -7.47. The van der Waals surface area contributed by atoms with Crippen LogP contribution in [0.25, 0.3) is 0 Å². The van der Waals surface area contributed by atoms with E-state index in [2.05, 4.69) is 4.74 Å². The second-order valence-electron chi connectivity index (χ2n) is 4.92. The summed E-state index contributed by atoms with van der Waals surface area (Å²) in [7, 11) is 0. The molecule has 14 heteroatoms. The van der Waals surface area contributed by atoms with Crippen LogP contribution in [-0.2, 0) is 4.74 Å². The topological polar surface area (TPSA) is 12.5 Å². The molecule has 0 atom stereocenters. The third-order valence-corrected chi connectivity index (χ3v) is 2.93. The van der Waals surface area contributed by atoms with Crippen molar-refractivity contribution in [2.75, 3.05) is 6.61 Å². The number of halogens is 12. The first-order chi connectivity index (χ1) is 11.3. The Hall–Kier alpha value is -1.34. The minimum absolute atomic E-state index is 0.279. The fourth-order valence-electron chi connectivity index (χ4n) is 1.46. The number of alkyl halides is 10. The Balaban J connectivity index is 6.75. The summed E-state index contributed by atoms with van der Waals surface area (Å²) in [4.78, 5) is -2.99. The number of nitrogens with zero attached hydrogens (tertiary/aromatic N) is 1. The van der Waals surface area contributed by atoms with E-state index in [1.54, 1.807) is 0 Å². The average Bonchev–Trinajstić information content (AvgIpc) is 2.44. The predicted octanol–water partition coefficient (Wildman–Crippen LogP) is 5.91. The van der Waals surface area contributed by atoms with Crippen LogP contribution in [0.2, 0.25) is 0 Å². The third kappa shape index (κ3) is 4.31. The molecule has 2 nitrogen and oxygen atoms in total. The van der Waals surface area contributed by atoms with Crippen LogP contribution >= 0.6 is 0 Å². The summed E-state index contributed by atoms with van der Waals surface area (Å²) in [6.45, 7) is -0.839. The number of rotatable bonds is 9. The van der Waals surface area contributed by atoms with Crippen molar-refractivity contribution in [1.82, 2.24) is 4.90 Å². The SMILES string of the molecule is CCOC(F)(F)/C(F)=C(/F)N(C(F)(F)C(C)(F)F)C(F)(F)C(F)(F)CC. The van der Waals surface area contributed by atoms with Gasteiger partial charge in [0.25, 0.3) is 5.83 Å². The van der Waals surface area contributed by atoms with Gasteiger partial charge in [0, 0.05) is 13.3 Å². The van der Waals surface area contributed by atoms with E-state index < -0.39 is 66.7 Å². The molecule has 0 saturated heterocycles. The van der Waals surface area contributed by atoms with Crippen molar-refractivity contribution in [3.05, 3.63) is 11.8 Å². The van der Waals surface area contributed by atoms with Gasteiger partial charge in [-0.2, -0.15) is 52.7 Å². The fraction of sp³-hybridized carbons (Fsp3) is 0.833. The second-order valence-corrected chi connectivity index (χ2v) is 4.92. The molecule has 0 fully saturated rings. The molecule has 0 aliphatic heterocycles. The Morgan fingerprint density at radius 3 is 1.54 bits per heavy atom. The van der Waals surface area contributed by atoms with Crippen LogP contribution in [0, 0.1) is 0 Å². The van der Waals surface area contributed by atoms with Gasteiger partial charge in [-0.15, -0.1) is 0 Å². The molecule has 0 aromatic heterocycles. The Morgan fingerprint density at radius 1 is 0.808 bits per heavy atom. The lowest BCUT2D eigenvalue weighted by molar-refractivity contribution is -0.382. The van der Waals surface area contributed by atoms with Crippen molar-refractivity contribution in [2.45, 2.75) is 57.2 Å². The van der Waals surface area contributed by atoms with Gasteiger partial charge < -0.3 is 4.74 Å². The van der Waals surface area contributed by atoms with E-state index in [0.717, 1.165) is 6.92 Å². The summed E-state index contributed by atoms with van der Waals surface area (Å²) in [5, 5.41) is 0. The first-order valence-corrected chi connectivity index (χ1v) is 6.70. The second kappa shape index (κ2) is 7.35. The summed E-state index contributed by atoms with van der Waals surface area (Å²) in [6, 6.07) is -13.0. The highest BCUT2D eigenvalue weighted by Gasteiger charge is 2.72. The van der Waals surface area contributed by atoms with Gasteiger partial charge in [-0.25, -0.2) is 4.90 Å². The molecular weight excluding hydrogens is 402 g/mol. The molecule has 0 N–H and O–H groups in total. The third-order valence-electron chi connectivity index (χ3n) is 2.93. The van der Waals surface area contributed by atoms with Crippen LogP contribution < -0.4 is 0 Å². The molecule has 0 heterocycles. The average molecular weight is 415 g/mol. The van der Waals surface area contributed by atoms with Crippen molar-refractivity contribution < 1.29 is 57.4 Å². The van der Waals surface area contributed by atoms with E-state index in [1.165, 1.54) is 0 Å². The minimum Gasteiger partial charge on any atom is -0.315 e. The predicted molar refractivity (Wildman–Crippen MR) is 63.4 cm³/mol. The highest BCUT2D eigenvalue weighted by Crippen LogP contribution is 2.51. The van der Waals surface area contributed by atoms with Crippen LogP contribution in [0.5, 0.6) is 0 Å².